The predicted octanol–water partition coefficient (Wildman–Crippen LogP) is 9.38. The van der Waals surface area contributed by atoms with Crippen LogP contribution in [0.5, 0.6) is 0 Å². The molecule has 1 aliphatic carbocycles. The summed E-state index contributed by atoms with van der Waals surface area (Å²) in [6, 6.07) is 20.5. The maximum Gasteiger partial charge on any atom is 0.411 e. The van der Waals surface area contributed by atoms with E-state index in [0.717, 1.165) is 49.6 Å². The predicted molar refractivity (Wildman–Crippen MR) is 174 cm³/mol. The van der Waals surface area contributed by atoms with E-state index in [9.17, 15) is 13.6 Å². The number of alkyl halides is 2. The molecular weight excluding hydrogens is 570 g/mol. The molecule has 8 heteroatoms. The standard InChI is InChI=1S/C37H38F2N4O2/c1-36(2,3)45-35(44)43-22-37(38,39)19-33(43)31-18-30(20-40-31)24-10-8-23(9-11-24)26-12-13-28-17-29(15-14-27(28)16-26)32-21-41-34(42-32)25-6-4-5-7-25/h8-17,20-21,25,33H,4-7,18-19,22H2,1-3H3,(H,41,42)/t33-/m0/s1. The molecule has 1 atom stereocenters. The summed E-state index contributed by atoms with van der Waals surface area (Å²) in [6.07, 6.45) is 7.94. The van der Waals surface area contributed by atoms with Crippen molar-refractivity contribution < 1.29 is 18.3 Å². The number of hydrogen-bond donors (Lipinski definition) is 1. The Morgan fingerprint density at radius 3 is 2.29 bits per heavy atom. The quantitative estimate of drug-likeness (QED) is 0.245. The molecule has 6 nitrogen and oxygen atoms in total. The van der Waals surface area contributed by atoms with Gasteiger partial charge in [0.25, 0.3) is 5.92 Å². The highest BCUT2D eigenvalue weighted by atomic mass is 19.3. The van der Waals surface area contributed by atoms with Gasteiger partial charge < -0.3 is 9.72 Å². The zero-order chi connectivity index (χ0) is 31.3. The van der Waals surface area contributed by atoms with Crippen LogP contribution in [0.15, 0.2) is 78.1 Å². The molecule has 0 radical (unpaired) electrons. The number of imidazole rings is 1. The molecule has 0 unspecified atom stereocenters. The molecule has 0 bridgehead atoms. The summed E-state index contributed by atoms with van der Waals surface area (Å²) in [7, 11) is 0. The molecule has 1 N–H and O–H groups in total. The molecule has 7 rings (SSSR count). The SMILES string of the molecule is CC(C)(C)OC(=O)N1CC(F)(F)C[C@H]1C1=NC=C(c2ccc(-c3ccc4cc(-c5cnc(C6CCCC6)[nH]5)ccc4c3)cc2)C1. The van der Waals surface area contributed by atoms with Crippen LogP contribution in [0.25, 0.3) is 38.7 Å². The summed E-state index contributed by atoms with van der Waals surface area (Å²) < 4.78 is 34.3. The van der Waals surface area contributed by atoms with E-state index >= 15 is 0 Å². The Morgan fingerprint density at radius 1 is 0.933 bits per heavy atom. The van der Waals surface area contributed by atoms with E-state index in [1.807, 2.05) is 18.3 Å². The fourth-order valence-electron chi connectivity index (χ4n) is 6.81. The number of halogens is 2. The number of aromatic nitrogens is 2. The van der Waals surface area contributed by atoms with E-state index in [1.165, 1.54) is 31.1 Å². The largest absolute Gasteiger partial charge is 0.444 e. The van der Waals surface area contributed by atoms with E-state index in [0.29, 0.717) is 18.1 Å². The number of nitrogens with zero attached hydrogens (tertiary/aromatic N) is 3. The molecule has 1 aromatic heterocycles. The fraction of sp³-hybridized carbons (Fsp3) is 0.378. The van der Waals surface area contributed by atoms with Gasteiger partial charge in [0.15, 0.2) is 0 Å². The number of ether oxygens (including phenoxy) is 1. The van der Waals surface area contributed by atoms with Crippen molar-refractivity contribution in [3.63, 3.8) is 0 Å². The molecule has 45 heavy (non-hydrogen) atoms. The second-order valence-corrected chi connectivity index (χ2v) is 13.7. The number of benzene rings is 3. The molecule has 2 fully saturated rings. The monoisotopic (exact) mass is 608 g/mol. The topological polar surface area (TPSA) is 70.6 Å². The van der Waals surface area contributed by atoms with Gasteiger partial charge in [0.2, 0.25) is 0 Å². The first-order valence-corrected chi connectivity index (χ1v) is 15.8. The van der Waals surface area contributed by atoms with E-state index in [4.69, 9.17) is 4.74 Å². The molecule has 2 aliphatic heterocycles. The average Bonchev–Trinajstić information content (AvgIpc) is 3.82. The Hall–Kier alpha value is -4.33. The van der Waals surface area contributed by atoms with E-state index in [2.05, 4.69) is 63.5 Å². The van der Waals surface area contributed by atoms with Crippen molar-refractivity contribution in [3.8, 4) is 22.4 Å². The lowest BCUT2D eigenvalue weighted by Crippen LogP contribution is -2.43. The van der Waals surface area contributed by atoms with Gasteiger partial charge in [0, 0.05) is 36.2 Å². The van der Waals surface area contributed by atoms with Crippen LogP contribution in [-0.4, -0.2) is 50.8 Å². The first kappa shape index (κ1) is 29.4. The van der Waals surface area contributed by atoms with Crippen molar-refractivity contribution in [2.24, 2.45) is 4.99 Å². The van der Waals surface area contributed by atoms with Crippen molar-refractivity contribution in [1.29, 1.82) is 0 Å². The zero-order valence-corrected chi connectivity index (χ0v) is 25.9. The number of carbonyl (C=O) groups excluding carboxylic acids is 1. The number of carbonyl (C=O) groups is 1. The molecule has 1 saturated heterocycles. The number of hydrogen-bond acceptors (Lipinski definition) is 4. The van der Waals surface area contributed by atoms with Gasteiger partial charge in [0.05, 0.1) is 24.5 Å². The van der Waals surface area contributed by atoms with Gasteiger partial charge >= 0.3 is 6.09 Å². The number of aliphatic imine (C=N–C) groups is 1. The van der Waals surface area contributed by atoms with Gasteiger partial charge in [-0.15, -0.1) is 0 Å². The average molecular weight is 609 g/mol. The Bertz CT molecular complexity index is 1810. The lowest BCUT2D eigenvalue weighted by molar-refractivity contribution is -0.00210. The second kappa shape index (κ2) is 11.2. The molecule has 0 spiro atoms. The number of nitrogens with one attached hydrogen (secondary N) is 1. The van der Waals surface area contributed by atoms with Gasteiger partial charge in [-0.05, 0) is 78.8 Å². The van der Waals surface area contributed by atoms with Gasteiger partial charge in [-0.2, -0.15) is 0 Å². The number of H-pyrrole nitrogens is 1. The number of rotatable bonds is 5. The first-order chi connectivity index (χ1) is 21.5. The number of amides is 1. The molecule has 4 aromatic rings. The smallest absolute Gasteiger partial charge is 0.411 e. The maximum absolute atomic E-state index is 14.4. The Balaban J connectivity index is 1.03. The number of allylic oxidation sites excluding steroid dienone is 1. The fourth-order valence-corrected chi connectivity index (χ4v) is 6.81. The summed E-state index contributed by atoms with van der Waals surface area (Å²) in [4.78, 5) is 26.6. The molecular formula is C37H38F2N4O2. The van der Waals surface area contributed by atoms with Gasteiger partial charge in [-0.3, -0.25) is 9.89 Å². The molecule has 3 heterocycles. The summed E-state index contributed by atoms with van der Waals surface area (Å²) in [5, 5.41) is 2.33. The van der Waals surface area contributed by atoms with Crippen molar-refractivity contribution in [1.82, 2.24) is 14.9 Å². The zero-order valence-electron chi connectivity index (χ0n) is 25.9. The van der Waals surface area contributed by atoms with Crippen molar-refractivity contribution >= 4 is 28.2 Å². The van der Waals surface area contributed by atoms with Crippen LogP contribution in [0, 0.1) is 0 Å². The highest BCUT2D eigenvalue weighted by molar-refractivity contribution is 6.03. The molecule has 1 amide bonds. The lowest BCUT2D eigenvalue weighted by atomic mass is 9.95. The third kappa shape index (κ3) is 6.15. The summed E-state index contributed by atoms with van der Waals surface area (Å²) >= 11 is 0. The Labute approximate surface area is 262 Å². The van der Waals surface area contributed by atoms with Gasteiger partial charge in [0.1, 0.15) is 11.4 Å². The highest BCUT2D eigenvalue weighted by Crippen LogP contribution is 2.38. The third-order valence-electron chi connectivity index (χ3n) is 9.12. The van der Waals surface area contributed by atoms with Crippen molar-refractivity contribution in [3.05, 3.63) is 84.4 Å². The Morgan fingerprint density at radius 2 is 1.58 bits per heavy atom. The van der Waals surface area contributed by atoms with Crippen molar-refractivity contribution in [2.75, 3.05) is 6.54 Å². The van der Waals surface area contributed by atoms with Gasteiger partial charge in [-0.1, -0.05) is 61.4 Å². The number of aromatic amines is 1. The van der Waals surface area contributed by atoms with E-state index in [-0.39, 0.29) is 0 Å². The van der Waals surface area contributed by atoms with E-state index in [1.54, 1.807) is 27.0 Å². The van der Waals surface area contributed by atoms with Crippen LogP contribution in [0.4, 0.5) is 13.6 Å². The normalized spacial score (nSPS) is 20.1. The van der Waals surface area contributed by atoms with Crippen LogP contribution in [0.1, 0.15) is 76.6 Å². The number of fused-ring (bicyclic) bond motifs is 1. The summed E-state index contributed by atoms with van der Waals surface area (Å²) in [5.74, 6) is -1.31. The second-order valence-electron chi connectivity index (χ2n) is 13.7. The van der Waals surface area contributed by atoms with E-state index < -0.39 is 36.6 Å². The lowest BCUT2D eigenvalue weighted by Gasteiger charge is -2.28. The third-order valence-corrected chi connectivity index (χ3v) is 9.12. The molecule has 3 aliphatic rings. The highest BCUT2D eigenvalue weighted by Gasteiger charge is 2.50. The van der Waals surface area contributed by atoms with Crippen LogP contribution in [0.3, 0.4) is 0 Å². The van der Waals surface area contributed by atoms with Gasteiger partial charge in [-0.25, -0.2) is 18.6 Å². The Kier molecular flexibility index (Phi) is 7.34. The van der Waals surface area contributed by atoms with Crippen LogP contribution in [0.2, 0.25) is 0 Å². The maximum atomic E-state index is 14.4. The minimum Gasteiger partial charge on any atom is -0.444 e. The minimum atomic E-state index is -2.98. The number of likely N-dealkylation sites (tertiary alicyclic amines) is 1. The van der Waals surface area contributed by atoms with Crippen LogP contribution in [-0.2, 0) is 4.74 Å². The van der Waals surface area contributed by atoms with Crippen molar-refractivity contribution in [2.45, 2.75) is 82.8 Å². The summed E-state index contributed by atoms with van der Waals surface area (Å²) in [6.45, 7) is 4.53. The van der Waals surface area contributed by atoms with Crippen LogP contribution < -0.4 is 0 Å². The first-order valence-electron chi connectivity index (χ1n) is 15.8. The molecule has 232 valence electrons. The van der Waals surface area contributed by atoms with Crippen LogP contribution >= 0.6 is 0 Å². The molecule has 1 saturated carbocycles. The summed E-state index contributed by atoms with van der Waals surface area (Å²) in [5.41, 5.74) is 6.12. The minimum absolute atomic E-state index is 0.413. The molecule has 3 aromatic carbocycles.